The zero-order valence-corrected chi connectivity index (χ0v) is 8.14. The van der Waals surface area contributed by atoms with Crippen LogP contribution in [0.5, 0.6) is 0 Å². The SMILES string of the molecule is O=C(O)CS1=Nc2cccnc2S1. The lowest BCUT2D eigenvalue weighted by atomic mass is 10.4. The van der Waals surface area contributed by atoms with Crippen LogP contribution in [0.3, 0.4) is 0 Å². The van der Waals surface area contributed by atoms with Crippen molar-refractivity contribution in [3.05, 3.63) is 18.3 Å². The van der Waals surface area contributed by atoms with Crippen molar-refractivity contribution in [2.75, 3.05) is 5.75 Å². The van der Waals surface area contributed by atoms with Gasteiger partial charge in [-0.1, -0.05) is 0 Å². The Labute approximate surface area is 80.9 Å². The maximum absolute atomic E-state index is 10.4. The third-order valence-corrected chi connectivity index (χ3v) is 4.56. The summed E-state index contributed by atoms with van der Waals surface area (Å²) in [6, 6.07) is 3.65. The second-order valence-corrected chi connectivity index (χ2v) is 5.68. The van der Waals surface area contributed by atoms with E-state index in [0.29, 0.717) is 0 Å². The molecule has 2 rings (SSSR count). The van der Waals surface area contributed by atoms with Gasteiger partial charge in [0.15, 0.2) is 0 Å². The van der Waals surface area contributed by atoms with Crippen molar-refractivity contribution in [3.63, 3.8) is 0 Å². The van der Waals surface area contributed by atoms with E-state index in [-0.39, 0.29) is 5.75 Å². The minimum absolute atomic E-state index is 0.0844. The molecule has 68 valence electrons. The largest absolute Gasteiger partial charge is 0.481 e. The Balaban J connectivity index is 2.21. The average Bonchev–Trinajstić information content (AvgIpc) is 2.44. The topological polar surface area (TPSA) is 62.5 Å². The Morgan fingerprint density at radius 3 is 3.23 bits per heavy atom. The van der Waals surface area contributed by atoms with Gasteiger partial charge < -0.3 is 5.11 Å². The first-order valence-electron chi connectivity index (χ1n) is 3.53. The zero-order valence-electron chi connectivity index (χ0n) is 6.51. The highest BCUT2D eigenvalue weighted by Gasteiger charge is 2.16. The molecule has 0 bridgehead atoms. The van der Waals surface area contributed by atoms with Gasteiger partial charge in [-0.2, -0.15) is 0 Å². The number of fused-ring (bicyclic) bond motifs is 1. The molecule has 1 aromatic heterocycles. The summed E-state index contributed by atoms with van der Waals surface area (Å²) in [5.41, 5.74) is 0.817. The van der Waals surface area contributed by atoms with Gasteiger partial charge in [-0.05, 0) is 32.6 Å². The summed E-state index contributed by atoms with van der Waals surface area (Å²) in [6.45, 7) is 0. The van der Waals surface area contributed by atoms with Crippen molar-refractivity contribution in [2.45, 2.75) is 5.03 Å². The Morgan fingerprint density at radius 1 is 1.69 bits per heavy atom. The number of nitrogens with zero attached hydrogens (tertiary/aromatic N) is 2. The van der Waals surface area contributed by atoms with Crippen LogP contribution in [0.25, 0.3) is 0 Å². The number of hydrogen-bond donors (Lipinski definition) is 1. The summed E-state index contributed by atoms with van der Waals surface area (Å²) in [7, 11) is 0.959. The van der Waals surface area contributed by atoms with E-state index in [2.05, 4.69) is 9.35 Å². The Bertz CT molecular complexity index is 392. The summed E-state index contributed by atoms with van der Waals surface area (Å²) in [5.74, 6) is -0.728. The van der Waals surface area contributed by atoms with Crippen LogP contribution in [-0.2, 0) is 14.5 Å². The van der Waals surface area contributed by atoms with Gasteiger partial charge in [0.1, 0.15) is 16.5 Å². The molecule has 1 atom stereocenters. The number of rotatable bonds is 2. The maximum Gasteiger partial charge on any atom is 0.315 e. The lowest BCUT2D eigenvalue weighted by Crippen LogP contribution is -2.04. The van der Waals surface area contributed by atoms with Crippen LogP contribution in [0, 0.1) is 0 Å². The molecular formula is C7H6N2O2S2. The van der Waals surface area contributed by atoms with Crippen LogP contribution in [0.15, 0.2) is 27.7 Å². The van der Waals surface area contributed by atoms with Crippen molar-refractivity contribution in [1.82, 2.24) is 4.98 Å². The van der Waals surface area contributed by atoms with Crippen LogP contribution >= 0.6 is 10.8 Å². The average molecular weight is 214 g/mol. The standard InChI is InChI=1S/C7H6N2O2S2/c10-6(11)4-13-9-5-2-1-3-8-7(5)12-13/h1-3H,4H2,(H,10,11). The molecule has 1 unspecified atom stereocenters. The van der Waals surface area contributed by atoms with Gasteiger partial charge in [0.05, 0.1) is 0 Å². The highest BCUT2D eigenvalue weighted by molar-refractivity contribution is 8.70. The second-order valence-electron chi connectivity index (χ2n) is 2.36. The summed E-state index contributed by atoms with van der Waals surface area (Å²) >= 11 is 0. The summed E-state index contributed by atoms with van der Waals surface area (Å²) < 4.78 is 4.24. The first kappa shape index (κ1) is 8.71. The molecule has 6 heteroatoms. The highest BCUT2D eigenvalue weighted by atomic mass is 33.1. The van der Waals surface area contributed by atoms with Gasteiger partial charge in [0.2, 0.25) is 0 Å². The summed E-state index contributed by atoms with van der Waals surface area (Å²) in [5, 5.41) is 9.41. The lowest BCUT2D eigenvalue weighted by Gasteiger charge is -1.93. The first-order chi connectivity index (χ1) is 6.25. The molecule has 4 nitrogen and oxygen atoms in total. The number of carbonyl (C=O) groups is 1. The molecule has 0 saturated heterocycles. The predicted molar refractivity (Wildman–Crippen MR) is 52.0 cm³/mol. The Morgan fingerprint density at radius 2 is 2.54 bits per heavy atom. The molecule has 0 fully saturated rings. The van der Waals surface area contributed by atoms with Crippen molar-refractivity contribution < 1.29 is 9.90 Å². The maximum atomic E-state index is 10.4. The third-order valence-electron chi connectivity index (χ3n) is 1.37. The minimum atomic E-state index is -0.813. The minimum Gasteiger partial charge on any atom is -0.481 e. The second kappa shape index (κ2) is 3.47. The monoisotopic (exact) mass is 214 g/mol. The van der Waals surface area contributed by atoms with Crippen LogP contribution in [-0.4, -0.2) is 21.8 Å². The highest BCUT2D eigenvalue weighted by Crippen LogP contribution is 2.38. The fourth-order valence-electron chi connectivity index (χ4n) is 0.903. The molecule has 0 amide bonds. The third kappa shape index (κ3) is 1.89. The fourth-order valence-corrected chi connectivity index (χ4v) is 3.95. The smallest absolute Gasteiger partial charge is 0.315 e. The summed E-state index contributed by atoms with van der Waals surface area (Å²) in [6.07, 6.45) is 1.69. The predicted octanol–water partition coefficient (Wildman–Crippen LogP) is 1.62. The van der Waals surface area contributed by atoms with Crippen molar-refractivity contribution >= 4 is 32.2 Å². The van der Waals surface area contributed by atoms with Crippen LogP contribution in [0.1, 0.15) is 0 Å². The molecule has 1 N–H and O–H groups in total. The lowest BCUT2D eigenvalue weighted by molar-refractivity contribution is -0.133. The van der Waals surface area contributed by atoms with Gasteiger partial charge in [-0.25, -0.2) is 9.35 Å². The van der Waals surface area contributed by atoms with Gasteiger partial charge >= 0.3 is 5.97 Å². The number of pyridine rings is 1. The van der Waals surface area contributed by atoms with Crippen LogP contribution in [0.4, 0.5) is 5.69 Å². The fraction of sp³-hybridized carbons (Fsp3) is 0.143. The van der Waals surface area contributed by atoms with Crippen LogP contribution in [0.2, 0.25) is 0 Å². The van der Waals surface area contributed by atoms with E-state index in [1.165, 1.54) is 10.8 Å². The molecule has 0 radical (unpaired) electrons. The Kier molecular flexibility index (Phi) is 2.32. The number of aromatic nitrogens is 1. The van der Waals surface area contributed by atoms with E-state index in [1.54, 1.807) is 12.3 Å². The first-order valence-corrected chi connectivity index (χ1v) is 6.22. The molecule has 0 spiro atoms. The molecule has 13 heavy (non-hydrogen) atoms. The molecule has 0 saturated carbocycles. The molecular weight excluding hydrogens is 208 g/mol. The normalized spacial score (nSPS) is 19.2. The molecule has 1 aliphatic rings. The van der Waals surface area contributed by atoms with E-state index in [9.17, 15) is 4.79 Å². The van der Waals surface area contributed by atoms with E-state index < -0.39 is 15.7 Å². The molecule has 1 aliphatic heterocycles. The van der Waals surface area contributed by atoms with Crippen molar-refractivity contribution in [1.29, 1.82) is 0 Å². The van der Waals surface area contributed by atoms with Crippen LogP contribution < -0.4 is 0 Å². The quantitative estimate of drug-likeness (QED) is 0.760. The molecule has 0 aromatic carbocycles. The van der Waals surface area contributed by atoms with Gasteiger partial charge in [0, 0.05) is 6.20 Å². The summed E-state index contributed by atoms with van der Waals surface area (Å²) in [4.78, 5) is 14.5. The van der Waals surface area contributed by atoms with E-state index in [4.69, 9.17) is 5.11 Å². The molecule has 2 heterocycles. The molecule has 0 aliphatic carbocycles. The van der Waals surface area contributed by atoms with Gasteiger partial charge in [0.25, 0.3) is 0 Å². The van der Waals surface area contributed by atoms with Crippen molar-refractivity contribution in [2.24, 2.45) is 4.36 Å². The number of carboxylic acid groups (broad SMARTS) is 1. The number of aliphatic carboxylic acids is 1. The zero-order chi connectivity index (χ0) is 9.26. The number of carboxylic acids is 1. The van der Waals surface area contributed by atoms with E-state index in [0.717, 1.165) is 10.7 Å². The van der Waals surface area contributed by atoms with Gasteiger partial charge in [-0.3, -0.25) is 4.79 Å². The molecule has 1 aromatic rings. The van der Waals surface area contributed by atoms with Crippen molar-refractivity contribution in [3.8, 4) is 0 Å². The number of hydrogen-bond acceptors (Lipinski definition) is 4. The van der Waals surface area contributed by atoms with Gasteiger partial charge in [-0.15, -0.1) is 0 Å². The Hall–Kier alpha value is -0.880. The van der Waals surface area contributed by atoms with E-state index in [1.807, 2.05) is 6.07 Å². The van der Waals surface area contributed by atoms with E-state index >= 15 is 0 Å².